The van der Waals surface area contributed by atoms with E-state index in [0.29, 0.717) is 5.56 Å². The standard InChI is InChI=1S/C22H23FN6O8P2S3/c23-15-18-14(35-22(15)29-10-28-16-20(24)26-9-27-21(16)29)8-33-39(41,42)37-19-12(4-3-11-2-1-5-25-6-11)34-13(17(19)30)7-32-38(31,40)36-18/h1-2,5-6,9-10,12-15,17-19,22,30H,7-8H2,(H,31,40)(H,41,42)(H2,24,26,27)/t12-,13+,14+,15+,17+,18+,19-,22+,38?/m0/s1. The number of anilines is 1. The summed E-state index contributed by atoms with van der Waals surface area (Å²) in [6.45, 7) is -4.91. The second kappa shape index (κ2) is 12.0. The fourth-order valence-electron chi connectivity index (χ4n) is 4.64. The Kier molecular flexibility index (Phi) is 8.68. The number of rotatable bonds is 1. The van der Waals surface area contributed by atoms with E-state index in [1.54, 1.807) is 24.5 Å². The van der Waals surface area contributed by atoms with Crippen molar-refractivity contribution in [1.82, 2.24) is 24.5 Å². The third-order valence-corrected chi connectivity index (χ3v) is 10.3. The Balaban J connectivity index is 1.28. The molecule has 14 nitrogen and oxygen atoms in total. The van der Waals surface area contributed by atoms with Crippen molar-refractivity contribution < 1.29 is 42.0 Å². The van der Waals surface area contributed by atoms with Crippen molar-refractivity contribution in [2.75, 3.05) is 18.9 Å². The molecule has 42 heavy (non-hydrogen) atoms. The molecule has 3 saturated heterocycles. The molecule has 3 aromatic rings. The van der Waals surface area contributed by atoms with Gasteiger partial charge in [-0.25, -0.2) is 19.3 Å². The Hall–Kier alpha value is -1.68. The first-order chi connectivity index (χ1) is 20.0. The molecule has 0 radical (unpaired) electrons. The molecule has 0 spiro atoms. The number of fused-ring (bicyclic) bond motifs is 4. The maximum atomic E-state index is 16.0. The molecule has 2 bridgehead atoms. The minimum absolute atomic E-state index is 0.101. The maximum absolute atomic E-state index is 16.0. The predicted octanol–water partition coefficient (Wildman–Crippen LogP) is 1.41. The van der Waals surface area contributed by atoms with Crippen LogP contribution in [-0.4, -0.2) is 90.5 Å². The molecule has 224 valence electrons. The first kappa shape index (κ1) is 30.4. The Labute approximate surface area is 253 Å². The van der Waals surface area contributed by atoms with Crippen LogP contribution in [0.3, 0.4) is 0 Å². The molecule has 3 aromatic heterocycles. The average Bonchev–Trinajstić information content (AvgIpc) is 3.60. The molecule has 0 aliphatic carbocycles. The molecule has 3 aliphatic heterocycles. The SMILES string of the molecule is Nc1ncnc2c1ncn2[C@@H]1O[C@@H]2COP(=S)(S)O[C@@H]3[C@H](O)[C@@H](COP(O)(=S)O[C@H]2[C@H]1F)O[C@H]3C#Cc1cccnc1. The molecule has 0 amide bonds. The fourth-order valence-corrected chi connectivity index (χ4v) is 8.02. The summed E-state index contributed by atoms with van der Waals surface area (Å²) in [7, 11) is 0. The third-order valence-electron chi connectivity index (χ3n) is 6.60. The molecule has 6 heterocycles. The Morgan fingerprint density at radius 2 is 1.93 bits per heavy atom. The third kappa shape index (κ3) is 6.26. The van der Waals surface area contributed by atoms with Gasteiger partial charge in [-0.1, -0.05) is 24.1 Å². The maximum Gasteiger partial charge on any atom is 0.325 e. The van der Waals surface area contributed by atoms with E-state index >= 15 is 4.39 Å². The Morgan fingerprint density at radius 3 is 2.71 bits per heavy atom. The number of imidazole rings is 1. The molecule has 20 heteroatoms. The summed E-state index contributed by atoms with van der Waals surface area (Å²) in [4.78, 5) is 27.1. The lowest BCUT2D eigenvalue weighted by Crippen LogP contribution is -2.35. The largest absolute Gasteiger partial charge is 0.387 e. The number of nitrogens with zero attached hydrogens (tertiary/aromatic N) is 5. The van der Waals surface area contributed by atoms with Crippen molar-refractivity contribution in [3.8, 4) is 11.8 Å². The van der Waals surface area contributed by atoms with Crippen LogP contribution in [0.5, 0.6) is 0 Å². The van der Waals surface area contributed by atoms with Crippen LogP contribution < -0.4 is 5.73 Å². The van der Waals surface area contributed by atoms with E-state index in [2.05, 4.69) is 44.0 Å². The van der Waals surface area contributed by atoms with Crippen LogP contribution in [0, 0.1) is 11.8 Å². The van der Waals surface area contributed by atoms with Crippen molar-refractivity contribution in [3.05, 3.63) is 42.7 Å². The van der Waals surface area contributed by atoms with Crippen LogP contribution in [0.1, 0.15) is 11.8 Å². The molecule has 3 fully saturated rings. The van der Waals surface area contributed by atoms with E-state index in [1.807, 2.05) is 0 Å². The van der Waals surface area contributed by atoms with Gasteiger partial charge in [0.2, 0.25) is 5.69 Å². The van der Waals surface area contributed by atoms with E-state index in [1.165, 1.54) is 17.2 Å². The number of halogens is 1. The number of pyridine rings is 1. The zero-order valence-electron chi connectivity index (χ0n) is 21.2. The quantitative estimate of drug-likeness (QED) is 0.165. The summed E-state index contributed by atoms with van der Waals surface area (Å²) in [5.74, 6) is 5.91. The molecule has 6 rings (SSSR count). The summed E-state index contributed by atoms with van der Waals surface area (Å²) in [6, 6.07) is 3.47. The molecule has 0 saturated carbocycles. The molecule has 4 N–H and O–H groups in total. The number of hydrogen-bond donors (Lipinski definition) is 4. The first-order valence-electron chi connectivity index (χ1n) is 12.3. The summed E-state index contributed by atoms with van der Waals surface area (Å²) in [6.07, 6.45) is -4.63. The van der Waals surface area contributed by atoms with Gasteiger partial charge in [0.15, 0.2) is 23.9 Å². The number of aliphatic hydroxyl groups is 1. The van der Waals surface area contributed by atoms with Crippen LogP contribution in [0.2, 0.25) is 0 Å². The second-order valence-corrected chi connectivity index (χ2v) is 17.4. The number of aromatic nitrogens is 5. The van der Waals surface area contributed by atoms with E-state index in [0.717, 1.165) is 0 Å². The van der Waals surface area contributed by atoms with Crippen molar-refractivity contribution >= 4 is 65.3 Å². The number of hydrogen-bond acceptors (Lipinski definition) is 14. The summed E-state index contributed by atoms with van der Waals surface area (Å²) < 4.78 is 52.0. The van der Waals surface area contributed by atoms with Gasteiger partial charge in [0.1, 0.15) is 48.5 Å². The van der Waals surface area contributed by atoms with Gasteiger partial charge in [-0.05, 0) is 35.7 Å². The Bertz CT molecular complexity index is 1630. The lowest BCUT2D eigenvalue weighted by atomic mass is 10.1. The van der Waals surface area contributed by atoms with Crippen LogP contribution in [-0.2, 0) is 51.2 Å². The molecular formula is C22H23FN6O8P2S3. The summed E-state index contributed by atoms with van der Waals surface area (Å²) >= 11 is 15.1. The average molecular weight is 677 g/mol. The van der Waals surface area contributed by atoms with Gasteiger partial charge < -0.3 is 38.8 Å². The van der Waals surface area contributed by atoms with Gasteiger partial charge in [-0.2, -0.15) is 0 Å². The molecule has 0 aromatic carbocycles. The Morgan fingerprint density at radius 1 is 1.12 bits per heavy atom. The van der Waals surface area contributed by atoms with Crippen molar-refractivity contribution in [2.45, 2.75) is 49.0 Å². The number of alkyl halides is 1. The second-order valence-electron chi connectivity index (χ2n) is 9.36. The van der Waals surface area contributed by atoms with E-state index in [-0.39, 0.29) is 23.6 Å². The number of aliphatic hydroxyl groups excluding tert-OH is 1. The minimum Gasteiger partial charge on any atom is -0.387 e. The first-order valence-corrected chi connectivity index (χ1v) is 18.7. The van der Waals surface area contributed by atoms with Crippen LogP contribution >= 0.6 is 24.7 Å². The smallest absolute Gasteiger partial charge is 0.325 e. The number of nitrogens with two attached hydrogens (primary N) is 1. The van der Waals surface area contributed by atoms with Crippen LogP contribution in [0.4, 0.5) is 10.2 Å². The lowest BCUT2D eigenvalue weighted by molar-refractivity contribution is -0.0424. The molecule has 3 aliphatic rings. The highest BCUT2D eigenvalue weighted by Crippen LogP contribution is 2.58. The van der Waals surface area contributed by atoms with Crippen molar-refractivity contribution in [2.24, 2.45) is 0 Å². The monoisotopic (exact) mass is 676 g/mol. The van der Waals surface area contributed by atoms with Gasteiger partial charge in [0.25, 0.3) is 0 Å². The molecule has 2 unspecified atom stereocenters. The predicted molar refractivity (Wildman–Crippen MR) is 156 cm³/mol. The number of nitrogen functional groups attached to an aromatic ring is 1. The van der Waals surface area contributed by atoms with E-state index in [4.69, 9.17) is 56.9 Å². The summed E-state index contributed by atoms with van der Waals surface area (Å²) in [5, 5.41) is 11.0. The zero-order valence-corrected chi connectivity index (χ0v) is 25.5. The minimum atomic E-state index is -4.12. The molecular weight excluding hydrogens is 653 g/mol. The van der Waals surface area contributed by atoms with Gasteiger partial charge in [-0.15, -0.1) is 0 Å². The lowest BCUT2D eigenvalue weighted by Gasteiger charge is -2.27. The van der Waals surface area contributed by atoms with E-state index in [9.17, 15) is 10.00 Å². The van der Waals surface area contributed by atoms with Gasteiger partial charge in [0.05, 0.1) is 19.5 Å². The van der Waals surface area contributed by atoms with Gasteiger partial charge in [0, 0.05) is 18.0 Å². The highest BCUT2D eigenvalue weighted by Gasteiger charge is 2.52. The summed E-state index contributed by atoms with van der Waals surface area (Å²) in [5.41, 5.74) is 3.51. The van der Waals surface area contributed by atoms with Gasteiger partial charge >= 0.3 is 6.72 Å². The molecule has 10 atom stereocenters. The fraction of sp³-hybridized carbons (Fsp3) is 0.455. The van der Waals surface area contributed by atoms with Crippen molar-refractivity contribution in [1.29, 1.82) is 0 Å². The van der Waals surface area contributed by atoms with Gasteiger partial charge in [-0.3, -0.25) is 14.1 Å². The highest BCUT2D eigenvalue weighted by atomic mass is 32.9. The normalized spacial score (nSPS) is 39.0. The zero-order chi connectivity index (χ0) is 29.6. The van der Waals surface area contributed by atoms with Crippen LogP contribution in [0.15, 0.2) is 37.2 Å². The topological polar surface area (TPSA) is 178 Å². The van der Waals surface area contributed by atoms with E-state index < -0.39 is 68.0 Å². The van der Waals surface area contributed by atoms with Crippen molar-refractivity contribution in [3.63, 3.8) is 0 Å². The highest BCUT2D eigenvalue weighted by molar-refractivity contribution is 8.60. The number of ether oxygens (including phenoxy) is 2. The number of thiol groups is 1. The van der Waals surface area contributed by atoms with Crippen LogP contribution in [0.25, 0.3) is 11.2 Å².